The molecule has 2 unspecified atom stereocenters. The summed E-state index contributed by atoms with van der Waals surface area (Å²) in [4.78, 5) is 2.62. The summed E-state index contributed by atoms with van der Waals surface area (Å²) in [6, 6.07) is 9.28. The minimum absolute atomic E-state index is 0.478. The Kier molecular flexibility index (Phi) is 5.41. The minimum Gasteiger partial charge on any atom is -0.309 e. The highest BCUT2D eigenvalue weighted by Gasteiger charge is 2.22. The van der Waals surface area contributed by atoms with E-state index in [4.69, 9.17) is 0 Å². The molecule has 0 spiro atoms. The molecule has 0 bridgehead atoms. The van der Waals surface area contributed by atoms with Gasteiger partial charge in [-0.3, -0.25) is 0 Å². The molecular weight excluding hydrogens is 232 g/mol. The van der Waals surface area contributed by atoms with Crippen molar-refractivity contribution in [3.05, 3.63) is 35.4 Å². The van der Waals surface area contributed by atoms with Gasteiger partial charge in [-0.25, -0.2) is 0 Å². The molecule has 1 saturated heterocycles. The molecule has 1 fully saturated rings. The van der Waals surface area contributed by atoms with Gasteiger partial charge < -0.3 is 10.2 Å². The first-order chi connectivity index (χ1) is 9.20. The summed E-state index contributed by atoms with van der Waals surface area (Å²) < 4.78 is 0. The second kappa shape index (κ2) is 7.06. The lowest BCUT2D eigenvalue weighted by Gasteiger charge is -2.26. The zero-order chi connectivity index (χ0) is 13.7. The maximum Gasteiger partial charge on any atom is 0.0451 e. The number of nitrogens with one attached hydrogen (secondary N) is 1. The predicted molar refractivity (Wildman–Crippen MR) is 82.4 cm³/mol. The molecule has 19 heavy (non-hydrogen) atoms. The first kappa shape index (κ1) is 14.5. The van der Waals surface area contributed by atoms with Crippen LogP contribution in [0.25, 0.3) is 0 Å². The molecule has 2 rings (SSSR count). The molecule has 0 radical (unpaired) electrons. The van der Waals surface area contributed by atoms with Crippen LogP contribution in [-0.4, -0.2) is 31.1 Å². The van der Waals surface area contributed by atoms with E-state index in [0.29, 0.717) is 6.04 Å². The summed E-state index contributed by atoms with van der Waals surface area (Å²) in [5.41, 5.74) is 2.87. The van der Waals surface area contributed by atoms with Gasteiger partial charge in [-0.2, -0.15) is 0 Å². The Morgan fingerprint density at radius 2 is 2.16 bits per heavy atom. The highest BCUT2D eigenvalue weighted by Crippen LogP contribution is 2.22. The molecule has 0 aliphatic carbocycles. The zero-order valence-electron chi connectivity index (χ0n) is 12.7. The lowest BCUT2D eigenvalue weighted by Crippen LogP contribution is -2.34. The third-order valence-electron chi connectivity index (χ3n) is 4.15. The zero-order valence-corrected chi connectivity index (χ0v) is 12.7. The van der Waals surface area contributed by atoms with E-state index in [9.17, 15) is 0 Å². The highest BCUT2D eigenvalue weighted by molar-refractivity contribution is 5.29. The Morgan fingerprint density at radius 3 is 2.79 bits per heavy atom. The Bertz CT molecular complexity index is 389. The summed E-state index contributed by atoms with van der Waals surface area (Å²) >= 11 is 0. The summed E-state index contributed by atoms with van der Waals surface area (Å²) in [5, 5.41) is 3.73. The van der Waals surface area contributed by atoms with Crippen LogP contribution in [0.2, 0.25) is 0 Å². The van der Waals surface area contributed by atoms with Gasteiger partial charge in [0.25, 0.3) is 0 Å². The molecule has 0 amide bonds. The van der Waals surface area contributed by atoms with Crippen LogP contribution in [0, 0.1) is 12.8 Å². The van der Waals surface area contributed by atoms with Crippen molar-refractivity contribution in [3.8, 4) is 0 Å². The number of likely N-dealkylation sites (tertiary alicyclic amines) is 1. The Labute approximate surface area is 118 Å². The second-order valence-corrected chi connectivity index (χ2v) is 6.02. The van der Waals surface area contributed by atoms with Gasteiger partial charge in [0.2, 0.25) is 0 Å². The van der Waals surface area contributed by atoms with Gasteiger partial charge in [-0.05, 0) is 49.9 Å². The van der Waals surface area contributed by atoms with Crippen molar-refractivity contribution >= 4 is 0 Å². The lowest BCUT2D eigenvalue weighted by atomic mass is 10.0. The molecule has 1 aromatic rings. The fourth-order valence-corrected chi connectivity index (χ4v) is 3.02. The van der Waals surface area contributed by atoms with Crippen molar-refractivity contribution < 1.29 is 0 Å². The molecule has 0 aromatic heterocycles. The van der Waals surface area contributed by atoms with E-state index in [1.807, 2.05) is 0 Å². The van der Waals surface area contributed by atoms with Gasteiger partial charge in [0.15, 0.2) is 0 Å². The Balaban J connectivity index is 2.05. The predicted octanol–water partition coefficient (Wildman–Crippen LogP) is 3.38. The van der Waals surface area contributed by atoms with Crippen LogP contribution < -0.4 is 5.32 Å². The van der Waals surface area contributed by atoms with Crippen LogP contribution in [0.5, 0.6) is 0 Å². The van der Waals surface area contributed by atoms with E-state index in [1.165, 1.54) is 37.1 Å². The number of benzene rings is 1. The quantitative estimate of drug-likeness (QED) is 0.843. The van der Waals surface area contributed by atoms with E-state index >= 15 is 0 Å². The normalized spacial score (nSPS) is 21.7. The summed E-state index contributed by atoms with van der Waals surface area (Å²) in [5.74, 6) is 0.865. The monoisotopic (exact) mass is 260 g/mol. The molecule has 106 valence electrons. The summed E-state index contributed by atoms with van der Waals surface area (Å²) in [6.45, 7) is 11.6. The molecule has 1 aliphatic heterocycles. The average molecular weight is 260 g/mol. The largest absolute Gasteiger partial charge is 0.309 e. The van der Waals surface area contributed by atoms with Crippen LogP contribution in [-0.2, 0) is 0 Å². The van der Waals surface area contributed by atoms with Crippen LogP contribution in [0.1, 0.15) is 43.9 Å². The third-order valence-corrected chi connectivity index (χ3v) is 4.15. The van der Waals surface area contributed by atoms with Gasteiger partial charge in [0.1, 0.15) is 0 Å². The van der Waals surface area contributed by atoms with E-state index in [0.717, 1.165) is 19.0 Å². The number of aryl methyl sites for hydroxylation is 1. The minimum atomic E-state index is 0.478. The summed E-state index contributed by atoms with van der Waals surface area (Å²) in [6.07, 6.45) is 2.55. The average Bonchev–Trinajstić information content (AvgIpc) is 2.81. The van der Waals surface area contributed by atoms with Crippen molar-refractivity contribution in [2.24, 2.45) is 5.92 Å². The van der Waals surface area contributed by atoms with Crippen LogP contribution >= 0.6 is 0 Å². The van der Waals surface area contributed by atoms with Gasteiger partial charge in [0, 0.05) is 19.1 Å². The van der Waals surface area contributed by atoms with E-state index in [2.05, 4.69) is 55.3 Å². The molecule has 2 nitrogen and oxygen atoms in total. The standard InChI is InChI=1S/C17H28N2/c1-4-10-18-17(13-19-11-9-14(2)12-19)16-8-6-5-7-15(16)3/h5-8,14,17-18H,4,9-13H2,1-3H3. The fourth-order valence-electron chi connectivity index (χ4n) is 3.02. The van der Waals surface area contributed by atoms with E-state index in [-0.39, 0.29) is 0 Å². The lowest BCUT2D eigenvalue weighted by molar-refractivity contribution is 0.284. The van der Waals surface area contributed by atoms with Gasteiger partial charge >= 0.3 is 0 Å². The smallest absolute Gasteiger partial charge is 0.0451 e. The molecular formula is C17H28N2. The SMILES string of the molecule is CCCNC(CN1CCC(C)C1)c1ccccc1C. The second-order valence-electron chi connectivity index (χ2n) is 6.02. The molecule has 1 aromatic carbocycles. The Morgan fingerprint density at radius 1 is 1.37 bits per heavy atom. The summed E-state index contributed by atoms with van der Waals surface area (Å²) in [7, 11) is 0. The maximum absolute atomic E-state index is 3.73. The van der Waals surface area contributed by atoms with Crippen LogP contribution in [0.15, 0.2) is 24.3 Å². The topological polar surface area (TPSA) is 15.3 Å². The number of rotatable bonds is 6. The molecule has 2 atom stereocenters. The van der Waals surface area contributed by atoms with Gasteiger partial charge in [-0.1, -0.05) is 38.1 Å². The van der Waals surface area contributed by atoms with Crippen LogP contribution in [0.3, 0.4) is 0 Å². The molecule has 2 heteroatoms. The molecule has 1 N–H and O–H groups in total. The molecule has 1 aliphatic rings. The van der Waals surface area contributed by atoms with E-state index in [1.54, 1.807) is 0 Å². The van der Waals surface area contributed by atoms with Crippen molar-refractivity contribution in [2.45, 2.75) is 39.7 Å². The number of nitrogens with zero attached hydrogens (tertiary/aromatic N) is 1. The van der Waals surface area contributed by atoms with Gasteiger partial charge in [0.05, 0.1) is 0 Å². The fraction of sp³-hybridized carbons (Fsp3) is 0.647. The van der Waals surface area contributed by atoms with Crippen molar-refractivity contribution in [2.75, 3.05) is 26.2 Å². The van der Waals surface area contributed by atoms with Crippen molar-refractivity contribution in [1.29, 1.82) is 0 Å². The maximum atomic E-state index is 3.73. The first-order valence-corrected chi connectivity index (χ1v) is 7.72. The van der Waals surface area contributed by atoms with E-state index < -0.39 is 0 Å². The molecule has 1 heterocycles. The van der Waals surface area contributed by atoms with Gasteiger partial charge in [-0.15, -0.1) is 0 Å². The number of hydrogen-bond donors (Lipinski definition) is 1. The molecule has 0 saturated carbocycles. The first-order valence-electron chi connectivity index (χ1n) is 7.72. The highest BCUT2D eigenvalue weighted by atomic mass is 15.2. The van der Waals surface area contributed by atoms with Crippen molar-refractivity contribution in [1.82, 2.24) is 10.2 Å². The Hall–Kier alpha value is -0.860. The van der Waals surface area contributed by atoms with Crippen LogP contribution in [0.4, 0.5) is 0 Å². The number of hydrogen-bond acceptors (Lipinski definition) is 2. The third kappa shape index (κ3) is 4.05. The van der Waals surface area contributed by atoms with Crippen molar-refractivity contribution in [3.63, 3.8) is 0 Å².